The number of esters is 2. The summed E-state index contributed by atoms with van der Waals surface area (Å²) in [6, 6.07) is 0. The zero-order valence-electron chi connectivity index (χ0n) is 8.41. The zero-order chi connectivity index (χ0) is 10.3. The van der Waals surface area contributed by atoms with Crippen molar-refractivity contribution in [1.82, 2.24) is 0 Å². The molecule has 1 aliphatic carbocycles. The van der Waals surface area contributed by atoms with Crippen LogP contribution in [0.1, 0.15) is 33.1 Å². The van der Waals surface area contributed by atoms with E-state index in [1.165, 1.54) is 0 Å². The summed E-state index contributed by atoms with van der Waals surface area (Å²) in [7, 11) is 0. The van der Waals surface area contributed by atoms with Gasteiger partial charge in [-0.1, -0.05) is 12.8 Å². The van der Waals surface area contributed by atoms with Crippen LogP contribution in [0, 0.1) is 11.8 Å². The highest BCUT2D eigenvalue weighted by Gasteiger charge is 2.45. The molecule has 0 spiro atoms. The molecule has 78 valence electrons. The van der Waals surface area contributed by atoms with Gasteiger partial charge < -0.3 is 9.47 Å². The fourth-order valence-corrected chi connectivity index (χ4v) is 1.62. The van der Waals surface area contributed by atoms with Crippen molar-refractivity contribution in [1.29, 1.82) is 0 Å². The first-order valence-corrected chi connectivity index (χ1v) is 4.94. The molecule has 0 N–H and O–H groups in total. The summed E-state index contributed by atoms with van der Waals surface area (Å²) in [5, 5.41) is 0. The Kier molecular flexibility index (Phi) is 2.01. The van der Waals surface area contributed by atoms with E-state index in [0.29, 0.717) is 12.3 Å². The van der Waals surface area contributed by atoms with Gasteiger partial charge in [-0.3, -0.25) is 9.59 Å². The third-order valence-corrected chi connectivity index (χ3v) is 2.53. The van der Waals surface area contributed by atoms with Gasteiger partial charge in [-0.25, -0.2) is 0 Å². The van der Waals surface area contributed by atoms with Gasteiger partial charge in [-0.05, 0) is 12.3 Å². The zero-order valence-corrected chi connectivity index (χ0v) is 8.41. The number of carbonyl (C=O) groups excluding carboxylic acids is 2. The van der Waals surface area contributed by atoms with Gasteiger partial charge in [0, 0.05) is 13.8 Å². The van der Waals surface area contributed by atoms with Gasteiger partial charge in [0.25, 0.3) is 5.79 Å². The highest BCUT2D eigenvalue weighted by Crippen LogP contribution is 2.38. The van der Waals surface area contributed by atoms with Crippen molar-refractivity contribution in [3.63, 3.8) is 0 Å². The van der Waals surface area contributed by atoms with Crippen LogP contribution in [0.15, 0.2) is 0 Å². The smallest absolute Gasteiger partial charge is 0.323 e. The van der Waals surface area contributed by atoms with Crippen molar-refractivity contribution < 1.29 is 19.1 Å². The van der Waals surface area contributed by atoms with E-state index >= 15 is 0 Å². The van der Waals surface area contributed by atoms with Crippen molar-refractivity contribution in [3.8, 4) is 0 Å². The fraction of sp³-hybridized carbons (Fsp3) is 0.800. The predicted octanol–water partition coefficient (Wildman–Crippen LogP) is 1.24. The van der Waals surface area contributed by atoms with Crippen LogP contribution in [0.3, 0.4) is 0 Å². The van der Waals surface area contributed by atoms with Gasteiger partial charge in [0.1, 0.15) is 0 Å². The van der Waals surface area contributed by atoms with Crippen LogP contribution in [0.4, 0.5) is 0 Å². The lowest BCUT2D eigenvalue weighted by Crippen LogP contribution is -2.46. The van der Waals surface area contributed by atoms with Crippen LogP contribution in [-0.4, -0.2) is 17.7 Å². The minimum absolute atomic E-state index is 0.432. The van der Waals surface area contributed by atoms with Gasteiger partial charge in [0.2, 0.25) is 0 Å². The molecule has 0 radical (unpaired) electrons. The van der Waals surface area contributed by atoms with E-state index in [-0.39, 0.29) is 0 Å². The lowest BCUT2D eigenvalue weighted by atomic mass is 10.0. The summed E-state index contributed by atoms with van der Waals surface area (Å²) in [6.45, 7) is 3.13. The summed E-state index contributed by atoms with van der Waals surface area (Å²) in [6.07, 6.45) is 2.81. The Morgan fingerprint density at radius 3 is 2.14 bits per heavy atom. The Morgan fingerprint density at radius 2 is 1.71 bits per heavy atom. The van der Waals surface area contributed by atoms with E-state index in [9.17, 15) is 9.59 Å². The molecule has 0 atom stereocenters. The third kappa shape index (κ3) is 1.89. The minimum Gasteiger partial charge on any atom is -0.422 e. The molecule has 2 aliphatic rings. The average Bonchev–Trinajstić information content (AvgIpc) is 2.77. The quantitative estimate of drug-likeness (QED) is 0.494. The number of hydrogen-bond acceptors (Lipinski definition) is 4. The Morgan fingerprint density at radius 1 is 1.21 bits per heavy atom. The number of carbonyl (C=O) groups is 2. The first kappa shape index (κ1) is 9.49. The van der Waals surface area contributed by atoms with Crippen molar-refractivity contribution >= 4 is 11.9 Å². The van der Waals surface area contributed by atoms with Crippen molar-refractivity contribution in [2.45, 2.75) is 38.9 Å². The number of cyclic esters (lactones) is 2. The maximum Gasteiger partial charge on any atom is 0.323 e. The molecular weight excluding hydrogens is 184 g/mol. The monoisotopic (exact) mass is 198 g/mol. The van der Waals surface area contributed by atoms with Gasteiger partial charge in [0.15, 0.2) is 5.92 Å². The van der Waals surface area contributed by atoms with Crippen LogP contribution in [0.5, 0.6) is 0 Å². The molecule has 1 aliphatic heterocycles. The molecule has 4 nitrogen and oxygen atoms in total. The van der Waals surface area contributed by atoms with Crippen LogP contribution < -0.4 is 0 Å². The molecule has 1 heterocycles. The van der Waals surface area contributed by atoms with E-state index in [1.54, 1.807) is 13.8 Å². The maximum absolute atomic E-state index is 11.5. The Labute approximate surface area is 82.6 Å². The first-order valence-electron chi connectivity index (χ1n) is 4.94. The van der Waals surface area contributed by atoms with E-state index in [1.807, 2.05) is 0 Å². The highest BCUT2D eigenvalue weighted by molar-refractivity contribution is 5.96. The lowest BCUT2D eigenvalue weighted by molar-refractivity contribution is -0.240. The van der Waals surface area contributed by atoms with E-state index < -0.39 is 23.6 Å². The molecule has 1 saturated carbocycles. The summed E-state index contributed by atoms with van der Waals surface area (Å²) >= 11 is 0. The molecule has 2 rings (SSSR count). The SMILES string of the molecule is CC1(C)OC(=O)C(CC2CC2)C(=O)O1. The molecule has 0 aromatic heterocycles. The molecule has 0 unspecified atom stereocenters. The Bertz CT molecular complexity index is 258. The fourth-order valence-electron chi connectivity index (χ4n) is 1.62. The largest absolute Gasteiger partial charge is 0.422 e. The number of hydrogen-bond donors (Lipinski definition) is 0. The third-order valence-electron chi connectivity index (χ3n) is 2.53. The van der Waals surface area contributed by atoms with Gasteiger partial charge in [-0.15, -0.1) is 0 Å². The second-order valence-corrected chi connectivity index (χ2v) is 4.47. The topological polar surface area (TPSA) is 52.6 Å². The molecular formula is C10H14O4. The van der Waals surface area contributed by atoms with Gasteiger partial charge in [-0.2, -0.15) is 0 Å². The number of rotatable bonds is 2. The molecule has 0 bridgehead atoms. The van der Waals surface area contributed by atoms with Crippen LogP contribution in [-0.2, 0) is 19.1 Å². The maximum atomic E-state index is 11.5. The summed E-state index contributed by atoms with van der Waals surface area (Å²) in [4.78, 5) is 22.9. The van der Waals surface area contributed by atoms with Gasteiger partial charge in [0.05, 0.1) is 0 Å². The molecule has 0 amide bonds. The van der Waals surface area contributed by atoms with E-state index in [2.05, 4.69) is 0 Å². The number of ether oxygens (including phenoxy) is 2. The van der Waals surface area contributed by atoms with E-state index in [4.69, 9.17) is 9.47 Å². The minimum atomic E-state index is -1.09. The average molecular weight is 198 g/mol. The second kappa shape index (κ2) is 2.97. The Hall–Kier alpha value is -1.06. The molecule has 0 aromatic rings. The summed E-state index contributed by atoms with van der Waals surface area (Å²) in [5.74, 6) is -2.12. The van der Waals surface area contributed by atoms with Gasteiger partial charge >= 0.3 is 11.9 Å². The molecule has 2 fully saturated rings. The molecule has 1 saturated heterocycles. The summed E-state index contributed by atoms with van der Waals surface area (Å²) < 4.78 is 10.0. The van der Waals surface area contributed by atoms with Crippen LogP contribution in [0.2, 0.25) is 0 Å². The highest BCUT2D eigenvalue weighted by atomic mass is 16.7. The predicted molar refractivity (Wildman–Crippen MR) is 47.1 cm³/mol. The first-order chi connectivity index (χ1) is 6.48. The summed E-state index contributed by atoms with van der Waals surface area (Å²) in [5.41, 5.74) is 0. The van der Waals surface area contributed by atoms with Crippen molar-refractivity contribution in [2.75, 3.05) is 0 Å². The van der Waals surface area contributed by atoms with Crippen LogP contribution in [0.25, 0.3) is 0 Å². The normalized spacial score (nSPS) is 27.0. The van der Waals surface area contributed by atoms with E-state index in [0.717, 1.165) is 12.8 Å². The molecule has 14 heavy (non-hydrogen) atoms. The molecule has 4 heteroatoms. The standard InChI is InChI=1S/C10H14O4/c1-10(2)13-8(11)7(9(12)14-10)5-6-3-4-6/h6-7H,3-5H2,1-2H3. The van der Waals surface area contributed by atoms with Crippen LogP contribution >= 0.6 is 0 Å². The Balaban J connectivity index is 2.03. The lowest BCUT2D eigenvalue weighted by Gasteiger charge is -2.32. The molecule has 0 aromatic carbocycles. The second-order valence-electron chi connectivity index (χ2n) is 4.47. The van der Waals surface area contributed by atoms with Crippen molar-refractivity contribution in [2.24, 2.45) is 11.8 Å². The van der Waals surface area contributed by atoms with Crippen molar-refractivity contribution in [3.05, 3.63) is 0 Å².